The molecule has 27 heavy (non-hydrogen) atoms. The van der Waals surface area contributed by atoms with Gasteiger partial charge in [-0.15, -0.1) is 24.8 Å². The number of rotatable bonds is 4. The van der Waals surface area contributed by atoms with Gasteiger partial charge in [0.25, 0.3) is 0 Å². The number of nitrogens with two attached hydrogens (primary N) is 1. The summed E-state index contributed by atoms with van der Waals surface area (Å²) < 4.78 is 5.62. The van der Waals surface area contributed by atoms with Crippen LogP contribution in [0.5, 0.6) is 0 Å². The predicted molar refractivity (Wildman–Crippen MR) is 113 cm³/mol. The Morgan fingerprint density at radius 3 is 2.22 bits per heavy atom. The first-order valence-electron chi connectivity index (χ1n) is 10.5. The van der Waals surface area contributed by atoms with Crippen molar-refractivity contribution in [3.05, 3.63) is 0 Å². The summed E-state index contributed by atoms with van der Waals surface area (Å²) in [5.41, 5.74) is 6.52. The van der Waals surface area contributed by atoms with Crippen molar-refractivity contribution in [2.24, 2.45) is 23.5 Å². The van der Waals surface area contributed by atoms with Crippen LogP contribution in [-0.2, 0) is 9.53 Å². The standard InChI is InChI=1S/C20H35N3O2.2ClH/c21-18-15-4-3-5-16(18)13-17(12-15)19(24)22-14-20(6-10-25-11-7-20)23-8-1-2-9-23;;/h15-18H,1-14,21H2,(H,22,24);2*1H. The molecule has 0 aromatic carbocycles. The van der Waals surface area contributed by atoms with Crippen LogP contribution in [0.25, 0.3) is 0 Å². The van der Waals surface area contributed by atoms with Gasteiger partial charge in [-0.1, -0.05) is 6.42 Å². The Morgan fingerprint density at radius 1 is 1.04 bits per heavy atom. The van der Waals surface area contributed by atoms with Gasteiger partial charge in [0.05, 0.1) is 0 Å². The first-order chi connectivity index (χ1) is 12.2. The number of amides is 1. The van der Waals surface area contributed by atoms with Crippen LogP contribution in [0.2, 0.25) is 0 Å². The molecule has 0 spiro atoms. The summed E-state index contributed by atoms with van der Waals surface area (Å²) in [5, 5.41) is 3.37. The summed E-state index contributed by atoms with van der Waals surface area (Å²) in [6.07, 6.45) is 10.4. The second-order valence-electron chi connectivity index (χ2n) is 8.95. The van der Waals surface area contributed by atoms with Crippen molar-refractivity contribution in [2.75, 3.05) is 32.8 Å². The van der Waals surface area contributed by atoms with Crippen LogP contribution >= 0.6 is 24.8 Å². The van der Waals surface area contributed by atoms with E-state index in [2.05, 4.69) is 10.2 Å². The Bertz CT molecular complexity index is 468. The number of carbonyl (C=O) groups is 1. The first-order valence-corrected chi connectivity index (χ1v) is 10.5. The molecule has 2 heterocycles. The molecule has 2 aliphatic carbocycles. The van der Waals surface area contributed by atoms with Gasteiger partial charge in [-0.2, -0.15) is 0 Å². The number of nitrogens with zero attached hydrogens (tertiary/aromatic N) is 1. The minimum atomic E-state index is 0. The van der Waals surface area contributed by atoms with Gasteiger partial charge in [0.1, 0.15) is 0 Å². The molecule has 1 amide bonds. The summed E-state index contributed by atoms with van der Waals surface area (Å²) in [7, 11) is 0. The van der Waals surface area contributed by atoms with E-state index >= 15 is 0 Å². The molecule has 2 atom stereocenters. The average Bonchev–Trinajstić information content (AvgIpc) is 3.16. The Labute approximate surface area is 176 Å². The van der Waals surface area contributed by atoms with E-state index in [1.54, 1.807) is 0 Å². The molecule has 0 aromatic rings. The Morgan fingerprint density at radius 2 is 1.63 bits per heavy atom. The Hall–Kier alpha value is -0.0700. The summed E-state index contributed by atoms with van der Waals surface area (Å²) >= 11 is 0. The highest BCUT2D eigenvalue weighted by Gasteiger charge is 2.43. The SMILES string of the molecule is Cl.Cl.NC1C2CCCC1CC(C(=O)NCC1(N3CCCC3)CCOCC1)C2. The number of fused-ring (bicyclic) bond motifs is 2. The van der Waals surface area contributed by atoms with Crippen LogP contribution in [0, 0.1) is 17.8 Å². The van der Waals surface area contributed by atoms with Crippen molar-refractivity contribution in [2.45, 2.75) is 69.4 Å². The first kappa shape index (κ1) is 23.2. The highest BCUT2D eigenvalue weighted by atomic mass is 35.5. The van der Waals surface area contributed by atoms with Crippen LogP contribution in [0.15, 0.2) is 0 Å². The van der Waals surface area contributed by atoms with Crippen molar-refractivity contribution >= 4 is 30.7 Å². The molecule has 4 aliphatic rings. The van der Waals surface area contributed by atoms with E-state index in [1.165, 1.54) is 45.2 Å². The van der Waals surface area contributed by atoms with Gasteiger partial charge >= 0.3 is 0 Å². The molecule has 158 valence electrons. The fraction of sp³-hybridized carbons (Fsp3) is 0.950. The molecular formula is C20H37Cl2N3O2. The average molecular weight is 422 g/mol. The third-order valence-corrected chi connectivity index (χ3v) is 7.58. The number of ether oxygens (including phenoxy) is 1. The lowest BCUT2D eigenvalue weighted by atomic mass is 9.65. The predicted octanol–water partition coefficient (Wildman–Crippen LogP) is 2.74. The Balaban J connectivity index is 0.00000131. The number of hydrogen-bond acceptors (Lipinski definition) is 4. The lowest BCUT2D eigenvalue weighted by molar-refractivity contribution is -0.129. The van der Waals surface area contributed by atoms with E-state index in [-0.39, 0.29) is 42.2 Å². The van der Waals surface area contributed by atoms with Crippen molar-refractivity contribution in [3.8, 4) is 0 Å². The van der Waals surface area contributed by atoms with Crippen LogP contribution in [0.1, 0.15) is 57.8 Å². The van der Waals surface area contributed by atoms with Crippen LogP contribution < -0.4 is 11.1 Å². The van der Waals surface area contributed by atoms with Crippen molar-refractivity contribution in [3.63, 3.8) is 0 Å². The van der Waals surface area contributed by atoms with Gasteiger partial charge in [-0.05, 0) is 76.3 Å². The van der Waals surface area contributed by atoms with Crippen LogP contribution in [0.3, 0.4) is 0 Å². The molecule has 4 rings (SSSR count). The smallest absolute Gasteiger partial charge is 0.223 e. The molecular weight excluding hydrogens is 385 g/mol. The summed E-state index contributed by atoms with van der Waals surface area (Å²) in [6.45, 7) is 4.81. The lowest BCUT2D eigenvalue weighted by Gasteiger charge is -2.46. The number of nitrogens with one attached hydrogen (secondary N) is 1. The third-order valence-electron chi connectivity index (χ3n) is 7.58. The molecule has 3 N–H and O–H groups in total. The van der Waals surface area contributed by atoms with E-state index in [0.717, 1.165) is 45.4 Å². The maximum atomic E-state index is 12.9. The van der Waals surface area contributed by atoms with Gasteiger partial charge < -0.3 is 15.8 Å². The molecule has 5 nitrogen and oxygen atoms in total. The van der Waals surface area contributed by atoms with E-state index in [4.69, 9.17) is 10.5 Å². The third kappa shape index (κ3) is 4.92. The summed E-state index contributed by atoms with van der Waals surface area (Å²) in [4.78, 5) is 15.6. The molecule has 2 saturated carbocycles. The number of likely N-dealkylation sites (tertiary alicyclic amines) is 1. The van der Waals surface area contributed by atoms with Gasteiger partial charge in [0.2, 0.25) is 5.91 Å². The molecule has 7 heteroatoms. The molecule has 2 aliphatic heterocycles. The van der Waals surface area contributed by atoms with E-state index in [0.29, 0.717) is 17.9 Å². The zero-order valence-electron chi connectivity index (χ0n) is 16.4. The Kier molecular flexibility index (Phi) is 8.69. The van der Waals surface area contributed by atoms with E-state index < -0.39 is 0 Å². The summed E-state index contributed by atoms with van der Waals surface area (Å²) in [6, 6.07) is 0.337. The monoisotopic (exact) mass is 421 g/mol. The van der Waals surface area contributed by atoms with Crippen LogP contribution in [0.4, 0.5) is 0 Å². The normalized spacial score (nSPS) is 35.6. The maximum absolute atomic E-state index is 12.9. The minimum Gasteiger partial charge on any atom is -0.381 e. The van der Waals surface area contributed by atoms with Crippen molar-refractivity contribution < 1.29 is 9.53 Å². The van der Waals surface area contributed by atoms with Gasteiger partial charge in [0.15, 0.2) is 0 Å². The molecule has 0 radical (unpaired) electrons. The second kappa shape index (κ2) is 10.1. The van der Waals surface area contributed by atoms with Crippen molar-refractivity contribution in [1.29, 1.82) is 0 Å². The largest absolute Gasteiger partial charge is 0.381 e. The highest BCUT2D eigenvalue weighted by Crippen LogP contribution is 2.42. The van der Waals surface area contributed by atoms with E-state index in [1.807, 2.05) is 0 Å². The zero-order valence-corrected chi connectivity index (χ0v) is 18.0. The van der Waals surface area contributed by atoms with Crippen LogP contribution in [-0.4, -0.2) is 55.2 Å². The lowest BCUT2D eigenvalue weighted by Crippen LogP contribution is -2.58. The minimum absolute atomic E-state index is 0. The second-order valence-corrected chi connectivity index (χ2v) is 8.95. The number of carbonyl (C=O) groups excluding carboxylic acids is 1. The molecule has 4 fully saturated rings. The fourth-order valence-corrected chi connectivity index (χ4v) is 5.95. The molecule has 2 saturated heterocycles. The number of halogens is 2. The molecule has 2 unspecified atom stereocenters. The maximum Gasteiger partial charge on any atom is 0.223 e. The van der Waals surface area contributed by atoms with Gasteiger partial charge in [-0.25, -0.2) is 0 Å². The molecule has 2 bridgehead atoms. The quantitative estimate of drug-likeness (QED) is 0.731. The number of hydrogen-bond donors (Lipinski definition) is 2. The molecule has 0 aromatic heterocycles. The van der Waals surface area contributed by atoms with Gasteiger partial charge in [0, 0.05) is 37.3 Å². The summed E-state index contributed by atoms with van der Waals surface area (Å²) in [5.74, 6) is 1.61. The van der Waals surface area contributed by atoms with Crippen molar-refractivity contribution in [1.82, 2.24) is 10.2 Å². The topological polar surface area (TPSA) is 67.6 Å². The highest BCUT2D eigenvalue weighted by molar-refractivity contribution is 5.85. The fourth-order valence-electron chi connectivity index (χ4n) is 5.95. The van der Waals surface area contributed by atoms with E-state index in [9.17, 15) is 4.79 Å². The zero-order chi connectivity index (χ0) is 17.3. The van der Waals surface area contributed by atoms with Gasteiger partial charge in [-0.3, -0.25) is 9.69 Å².